The van der Waals surface area contributed by atoms with Crippen LogP contribution in [0.2, 0.25) is 0 Å². The summed E-state index contributed by atoms with van der Waals surface area (Å²) in [7, 11) is 0. The second-order valence-corrected chi connectivity index (χ2v) is 4.55. The van der Waals surface area contributed by atoms with Gasteiger partial charge >= 0.3 is 6.18 Å². The number of halogens is 3. The number of hydrogen-bond donors (Lipinski definition) is 2. The molecule has 1 aromatic carbocycles. The fraction of sp³-hybridized carbons (Fsp3) is 0.133. The van der Waals surface area contributed by atoms with Crippen LogP contribution >= 0.6 is 0 Å². The zero-order chi connectivity index (χ0) is 16.9. The molecule has 1 heterocycles. The van der Waals surface area contributed by atoms with Crippen LogP contribution in [-0.2, 0) is 11.0 Å². The number of anilines is 1. The smallest absolute Gasteiger partial charge is 0.343 e. The van der Waals surface area contributed by atoms with E-state index in [1.807, 2.05) is 0 Å². The molecule has 0 fully saturated rings. The topological polar surface area (TPSA) is 71.1 Å². The molecule has 0 saturated carbocycles. The molecule has 0 aliphatic heterocycles. The van der Waals surface area contributed by atoms with Crippen LogP contribution < -0.4 is 10.6 Å². The summed E-state index contributed by atoms with van der Waals surface area (Å²) in [6.07, 6.45) is -1.66. The minimum absolute atomic E-state index is 0.000418. The molecule has 8 heteroatoms. The molecule has 0 aliphatic rings. The van der Waals surface area contributed by atoms with Gasteiger partial charge in [0.1, 0.15) is 0 Å². The number of pyridine rings is 1. The average molecular weight is 323 g/mol. The Labute approximate surface area is 129 Å². The third kappa shape index (κ3) is 4.80. The molecule has 0 saturated heterocycles. The molecule has 0 atom stereocenters. The lowest BCUT2D eigenvalue weighted by Crippen LogP contribution is -2.32. The SMILES string of the molecule is O=C(CNC(=O)c1cccnc1)Nc1cccc(C(F)(F)F)c1. The normalized spacial score (nSPS) is 10.9. The third-order valence-electron chi connectivity index (χ3n) is 2.81. The van der Waals surface area contributed by atoms with Gasteiger partial charge in [-0.1, -0.05) is 6.07 Å². The van der Waals surface area contributed by atoms with Crippen LogP contribution in [0.25, 0.3) is 0 Å². The zero-order valence-corrected chi connectivity index (χ0v) is 11.7. The summed E-state index contributed by atoms with van der Waals surface area (Å²) >= 11 is 0. The van der Waals surface area contributed by atoms with E-state index in [0.29, 0.717) is 0 Å². The molecule has 2 aromatic rings. The number of nitrogens with zero attached hydrogens (tertiary/aromatic N) is 1. The number of carbonyl (C=O) groups excluding carboxylic acids is 2. The maximum atomic E-state index is 12.6. The number of hydrogen-bond acceptors (Lipinski definition) is 3. The Morgan fingerprint density at radius 3 is 2.57 bits per heavy atom. The predicted octanol–water partition coefficient (Wildman–Crippen LogP) is 2.47. The lowest BCUT2D eigenvalue weighted by Gasteiger charge is -2.10. The minimum atomic E-state index is -4.49. The van der Waals surface area contributed by atoms with Gasteiger partial charge in [0, 0.05) is 18.1 Å². The molecule has 1 aromatic heterocycles. The van der Waals surface area contributed by atoms with Crippen molar-refractivity contribution in [1.29, 1.82) is 0 Å². The van der Waals surface area contributed by atoms with Gasteiger partial charge < -0.3 is 10.6 Å². The fourth-order valence-electron chi connectivity index (χ4n) is 1.74. The van der Waals surface area contributed by atoms with Gasteiger partial charge in [0.05, 0.1) is 17.7 Å². The summed E-state index contributed by atoms with van der Waals surface area (Å²) in [4.78, 5) is 27.2. The van der Waals surface area contributed by atoms with Crippen molar-refractivity contribution in [3.05, 3.63) is 59.9 Å². The Balaban J connectivity index is 1.92. The third-order valence-corrected chi connectivity index (χ3v) is 2.81. The van der Waals surface area contributed by atoms with E-state index in [0.717, 1.165) is 12.1 Å². The van der Waals surface area contributed by atoms with Gasteiger partial charge in [-0.25, -0.2) is 0 Å². The van der Waals surface area contributed by atoms with Crippen LogP contribution in [0.3, 0.4) is 0 Å². The fourth-order valence-corrected chi connectivity index (χ4v) is 1.74. The van der Waals surface area contributed by atoms with E-state index in [-0.39, 0.29) is 17.8 Å². The Kier molecular flexibility index (Phi) is 4.95. The van der Waals surface area contributed by atoms with Crippen LogP contribution in [0.5, 0.6) is 0 Å². The van der Waals surface area contributed by atoms with E-state index in [1.54, 1.807) is 6.07 Å². The van der Waals surface area contributed by atoms with Crippen molar-refractivity contribution in [2.45, 2.75) is 6.18 Å². The van der Waals surface area contributed by atoms with Crippen molar-refractivity contribution in [2.75, 3.05) is 11.9 Å². The summed E-state index contributed by atoms with van der Waals surface area (Å²) in [5, 5.41) is 4.64. The van der Waals surface area contributed by atoms with Gasteiger partial charge in [0.15, 0.2) is 0 Å². The van der Waals surface area contributed by atoms with E-state index in [1.165, 1.54) is 30.6 Å². The van der Waals surface area contributed by atoms with Crippen molar-refractivity contribution >= 4 is 17.5 Å². The van der Waals surface area contributed by atoms with Crippen molar-refractivity contribution in [3.63, 3.8) is 0 Å². The van der Waals surface area contributed by atoms with Gasteiger partial charge in [0.25, 0.3) is 5.91 Å². The number of alkyl halides is 3. The number of carbonyl (C=O) groups is 2. The summed E-state index contributed by atoms with van der Waals surface area (Å²) in [5.74, 6) is -1.14. The van der Waals surface area contributed by atoms with E-state index >= 15 is 0 Å². The Bertz CT molecular complexity index is 703. The van der Waals surface area contributed by atoms with Gasteiger partial charge in [-0.15, -0.1) is 0 Å². The Morgan fingerprint density at radius 2 is 1.91 bits per heavy atom. The quantitative estimate of drug-likeness (QED) is 0.908. The van der Waals surface area contributed by atoms with Crippen molar-refractivity contribution < 1.29 is 22.8 Å². The highest BCUT2D eigenvalue weighted by Crippen LogP contribution is 2.30. The highest BCUT2D eigenvalue weighted by Gasteiger charge is 2.30. The molecule has 23 heavy (non-hydrogen) atoms. The summed E-state index contributed by atoms with van der Waals surface area (Å²) < 4.78 is 37.7. The molecule has 2 rings (SSSR count). The van der Waals surface area contributed by atoms with E-state index in [2.05, 4.69) is 15.6 Å². The number of aromatic nitrogens is 1. The molecule has 0 aliphatic carbocycles. The van der Waals surface area contributed by atoms with Gasteiger partial charge in [0.2, 0.25) is 5.91 Å². The molecule has 0 spiro atoms. The summed E-state index contributed by atoms with van der Waals surface area (Å²) in [6.45, 7) is -0.371. The van der Waals surface area contributed by atoms with Crippen molar-refractivity contribution in [3.8, 4) is 0 Å². The van der Waals surface area contributed by atoms with Gasteiger partial charge in [-0.2, -0.15) is 13.2 Å². The highest BCUT2D eigenvalue weighted by atomic mass is 19.4. The van der Waals surface area contributed by atoms with Crippen molar-refractivity contribution in [1.82, 2.24) is 10.3 Å². The van der Waals surface area contributed by atoms with Crippen LogP contribution in [0, 0.1) is 0 Å². The standard InChI is InChI=1S/C15H12F3N3O2/c16-15(17,18)11-4-1-5-12(7-11)21-13(22)9-20-14(23)10-3-2-6-19-8-10/h1-8H,9H2,(H,20,23)(H,21,22). The minimum Gasteiger partial charge on any atom is -0.343 e. The molecular weight excluding hydrogens is 311 g/mol. The highest BCUT2D eigenvalue weighted by molar-refractivity contribution is 5.99. The molecule has 0 unspecified atom stereocenters. The van der Waals surface area contributed by atoms with Gasteiger partial charge in [-0.3, -0.25) is 14.6 Å². The predicted molar refractivity (Wildman–Crippen MR) is 76.6 cm³/mol. The van der Waals surface area contributed by atoms with Crippen LogP contribution in [0.15, 0.2) is 48.8 Å². The first-order valence-corrected chi connectivity index (χ1v) is 6.51. The largest absolute Gasteiger partial charge is 0.416 e. The van der Waals surface area contributed by atoms with Crippen LogP contribution in [0.4, 0.5) is 18.9 Å². The van der Waals surface area contributed by atoms with E-state index in [9.17, 15) is 22.8 Å². The number of nitrogens with one attached hydrogen (secondary N) is 2. The maximum Gasteiger partial charge on any atom is 0.416 e. The molecule has 5 nitrogen and oxygen atoms in total. The van der Waals surface area contributed by atoms with E-state index < -0.39 is 23.6 Å². The molecule has 2 amide bonds. The molecule has 0 bridgehead atoms. The lowest BCUT2D eigenvalue weighted by atomic mass is 10.2. The van der Waals surface area contributed by atoms with Crippen molar-refractivity contribution in [2.24, 2.45) is 0 Å². The monoisotopic (exact) mass is 323 g/mol. The van der Waals surface area contributed by atoms with E-state index in [4.69, 9.17) is 0 Å². The Hall–Kier alpha value is -2.90. The molecule has 2 N–H and O–H groups in total. The molecule has 120 valence electrons. The second kappa shape index (κ2) is 6.91. The molecular formula is C15H12F3N3O2. The maximum absolute atomic E-state index is 12.6. The second-order valence-electron chi connectivity index (χ2n) is 4.55. The number of rotatable bonds is 4. The first-order valence-electron chi connectivity index (χ1n) is 6.51. The van der Waals surface area contributed by atoms with Gasteiger partial charge in [-0.05, 0) is 30.3 Å². The lowest BCUT2D eigenvalue weighted by molar-refractivity contribution is -0.137. The Morgan fingerprint density at radius 1 is 1.13 bits per heavy atom. The first kappa shape index (κ1) is 16.5. The van der Waals surface area contributed by atoms with Crippen LogP contribution in [-0.4, -0.2) is 23.3 Å². The molecule has 0 radical (unpaired) electrons. The van der Waals surface area contributed by atoms with Crippen LogP contribution in [0.1, 0.15) is 15.9 Å². The average Bonchev–Trinajstić information content (AvgIpc) is 2.53. The summed E-state index contributed by atoms with van der Waals surface area (Å²) in [6, 6.07) is 7.33. The number of benzene rings is 1. The zero-order valence-electron chi connectivity index (χ0n) is 11.7. The number of amides is 2. The first-order chi connectivity index (χ1) is 10.9. The summed E-state index contributed by atoms with van der Waals surface area (Å²) in [5.41, 5.74) is -0.588.